The van der Waals surface area contributed by atoms with E-state index in [1.54, 1.807) is 0 Å². The second-order valence-electron chi connectivity index (χ2n) is 2.15. The maximum atomic E-state index is 10.5. The van der Waals surface area contributed by atoms with E-state index in [9.17, 15) is 9.59 Å². The molecule has 0 rings (SSSR count). The van der Waals surface area contributed by atoms with Gasteiger partial charge in [-0.05, 0) is 6.42 Å². The van der Waals surface area contributed by atoms with Crippen LogP contribution in [-0.4, -0.2) is 11.8 Å². The van der Waals surface area contributed by atoms with Crippen molar-refractivity contribution in [2.45, 2.75) is 19.8 Å². The Kier molecular flexibility index (Phi) is 3.46. The maximum Gasteiger partial charge on any atom is 0.229 e. The molecule has 0 unspecified atom stereocenters. The topological polar surface area (TPSA) is 86.2 Å². The van der Waals surface area contributed by atoms with Crippen LogP contribution in [0.3, 0.4) is 0 Å². The lowest BCUT2D eigenvalue weighted by atomic mass is 10.0. The van der Waals surface area contributed by atoms with Crippen LogP contribution in [0.4, 0.5) is 0 Å². The fourth-order valence-electron chi connectivity index (χ4n) is 0.713. The number of carbonyl (C=O) groups excluding carboxylic acids is 2. The van der Waals surface area contributed by atoms with E-state index >= 15 is 0 Å². The number of amides is 2. The van der Waals surface area contributed by atoms with Gasteiger partial charge in [0.2, 0.25) is 11.8 Å². The van der Waals surface area contributed by atoms with Crippen molar-refractivity contribution >= 4 is 11.8 Å². The van der Waals surface area contributed by atoms with Gasteiger partial charge in [0.15, 0.2) is 0 Å². The Labute approximate surface area is 59.6 Å². The third kappa shape index (κ3) is 2.48. The highest BCUT2D eigenvalue weighted by atomic mass is 16.2. The third-order valence-corrected chi connectivity index (χ3v) is 1.26. The highest BCUT2D eigenvalue weighted by Gasteiger charge is 2.19. The van der Waals surface area contributed by atoms with Crippen LogP contribution in [0, 0.1) is 5.92 Å². The lowest BCUT2D eigenvalue weighted by molar-refractivity contribution is -0.131. The molecule has 0 spiro atoms. The standard InChI is InChI=1S/C6H12N2O2/c1-2-3-4(5(7)9)6(8)10/h4H,2-3H2,1H3,(H2,7,9)(H2,8,10). The molecule has 0 atom stereocenters. The summed E-state index contributed by atoms with van der Waals surface area (Å²) in [4.78, 5) is 20.9. The summed E-state index contributed by atoms with van der Waals surface area (Å²) in [6.45, 7) is 1.86. The van der Waals surface area contributed by atoms with Crippen LogP contribution in [-0.2, 0) is 9.59 Å². The van der Waals surface area contributed by atoms with Gasteiger partial charge in [-0.1, -0.05) is 13.3 Å². The monoisotopic (exact) mass is 144 g/mol. The molecule has 0 fully saturated rings. The number of rotatable bonds is 4. The molecule has 10 heavy (non-hydrogen) atoms. The molecular weight excluding hydrogens is 132 g/mol. The van der Waals surface area contributed by atoms with Gasteiger partial charge >= 0.3 is 0 Å². The van der Waals surface area contributed by atoms with Crippen LogP contribution in [0.25, 0.3) is 0 Å². The Morgan fingerprint density at radius 3 is 1.80 bits per heavy atom. The Morgan fingerprint density at radius 1 is 1.30 bits per heavy atom. The van der Waals surface area contributed by atoms with Crippen molar-refractivity contribution in [2.24, 2.45) is 17.4 Å². The second-order valence-corrected chi connectivity index (χ2v) is 2.15. The van der Waals surface area contributed by atoms with E-state index in [2.05, 4.69) is 0 Å². The van der Waals surface area contributed by atoms with Gasteiger partial charge in [0, 0.05) is 0 Å². The van der Waals surface area contributed by atoms with Crippen molar-refractivity contribution in [3.8, 4) is 0 Å². The average molecular weight is 144 g/mol. The van der Waals surface area contributed by atoms with E-state index in [4.69, 9.17) is 11.5 Å². The maximum absolute atomic E-state index is 10.5. The van der Waals surface area contributed by atoms with Gasteiger partial charge in [-0.3, -0.25) is 9.59 Å². The molecule has 0 bridgehead atoms. The molecular formula is C6H12N2O2. The smallest absolute Gasteiger partial charge is 0.229 e. The van der Waals surface area contributed by atoms with E-state index in [1.165, 1.54) is 0 Å². The molecule has 0 saturated heterocycles. The SMILES string of the molecule is CCCC(C(N)=O)C(N)=O. The van der Waals surface area contributed by atoms with Gasteiger partial charge in [0.25, 0.3) is 0 Å². The number of hydrogen-bond donors (Lipinski definition) is 2. The predicted molar refractivity (Wildman–Crippen MR) is 36.8 cm³/mol. The number of hydrogen-bond acceptors (Lipinski definition) is 2. The van der Waals surface area contributed by atoms with E-state index in [0.717, 1.165) is 6.42 Å². The zero-order valence-electron chi connectivity index (χ0n) is 5.96. The van der Waals surface area contributed by atoms with Crippen LogP contribution in [0.1, 0.15) is 19.8 Å². The summed E-state index contributed by atoms with van der Waals surface area (Å²) < 4.78 is 0. The summed E-state index contributed by atoms with van der Waals surface area (Å²) in [5.74, 6) is -2.05. The average Bonchev–Trinajstić information content (AvgIpc) is 1.81. The second kappa shape index (κ2) is 3.87. The number of nitrogens with two attached hydrogens (primary N) is 2. The molecule has 0 aromatic heterocycles. The summed E-state index contributed by atoms with van der Waals surface area (Å²) in [6.07, 6.45) is 1.18. The molecule has 0 aliphatic heterocycles. The zero-order valence-corrected chi connectivity index (χ0v) is 5.96. The van der Waals surface area contributed by atoms with Gasteiger partial charge in [-0.25, -0.2) is 0 Å². The van der Waals surface area contributed by atoms with E-state index in [1.807, 2.05) is 6.92 Å². The molecule has 0 aromatic rings. The third-order valence-electron chi connectivity index (χ3n) is 1.26. The molecule has 4 heteroatoms. The summed E-state index contributed by atoms with van der Waals surface area (Å²) >= 11 is 0. The first kappa shape index (κ1) is 8.94. The zero-order chi connectivity index (χ0) is 8.15. The minimum Gasteiger partial charge on any atom is -0.369 e. The molecule has 2 amide bonds. The highest BCUT2D eigenvalue weighted by Crippen LogP contribution is 2.03. The Balaban J connectivity index is 3.98. The lowest BCUT2D eigenvalue weighted by Gasteiger charge is -2.05. The van der Waals surface area contributed by atoms with Crippen molar-refractivity contribution in [2.75, 3.05) is 0 Å². The molecule has 4 N–H and O–H groups in total. The first-order chi connectivity index (χ1) is 4.59. The Morgan fingerprint density at radius 2 is 1.70 bits per heavy atom. The normalized spacial score (nSPS) is 9.80. The van der Waals surface area contributed by atoms with Gasteiger partial charge in [-0.2, -0.15) is 0 Å². The van der Waals surface area contributed by atoms with Crippen LogP contribution in [0.5, 0.6) is 0 Å². The minimum atomic E-state index is -0.787. The molecule has 0 aliphatic carbocycles. The molecule has 0 radical (unpaired) electrons. The van der Waals surface area contributed by atoms with Crippen molar-refractivity contribution < 1.29 is 9.59 Å². The summed E-state index contributed by atoms with van der Waals surface area (Å²) in [6, 6.07) is 0. The van der Waals surface area contributed by atoms with Gasteiger partial charge < -0.3 is 11.5 Å². The van der Waals surface area contributed by atoms with Crippen LogP contribution in [0.2, 0.25) is 0 Å². The first-order valence-corrected chi connectivity index (χ1v) is 3.18. The Bertz CT molecular complexity index is 131. The van der Waals surface area contributed by atoms with Gasteiger partial charge in [0.1, 0.15) is 5.92 Å². The van der Waals surface area contributed by atoms with Crippen molar-refractivity contribution in [1.29, 1.82) is 0 Å². The largest absolute Gasteiger partial charge is 0.369 e. The van der Waals surface area contributed by atoms with Crippen molar-refractivity contribution in [3.05, 3.63) is 0 Å². The first-order valence-electron chi connectivity index (χ1n) is 3.18. The fraction of sp³-hybridized carbons (Fsp3) is 0.667. The molecule has 0 aromatic carbocycles. The van der Waals surface area contributed by atoms with E-state index in [0.29, 0.717) is 6.42 Å². The minimum absolute atomic E-state index is 0.449. The summed E-state index contributed by atoms with van der Waals surface area (Å²) in [5.41, 5.74) is 9.77. The Hall–Kier alpha value is -1.06. The highest BCUT2D eigenvalue weighted by molar-refractivity contribution is 5.98. The van der Waals surface area contributed by atoms with Crippen LogP contribution in [0.15, 0.2) is 0 Å². The number of primary amides is 2. The van der Waals surface area contributed by atoms with Gasteiger partial charge in [0.05, 0.1) is 0 Å². The molecule has 58 valence electrons. The van der Waals surface area contributed by atoms with Crippen molar-refractivity contribution in [3.63, 3.8) is 0 Å². The summed E-state index contributed by atoms with van der Waals surface area (Å²) in [7, 11) is 0. The quantitative estimate of drug-likeness (QED) is 0.515. The molecule has 0 aliphatic rings. The van der Waals surface area contributed by atoms with Crippen LogP contribution >= 0.6 is 0 Å². The summed E-state index contributed by atoms with van der Waals surface area (Å²) in [5, 5.41) is 0. The lowest BCUT2D eigenvalue weighted by Crippen LogP contribution is -2.34. The molecule has 0 heterocycles. The fourth-order valence-corrected chi connectivity index (χ4v) is 0.713. The van der Waals surface area contributed by atoms with E-state index in [-0.39, 0.29) is 0 Å². The van der Waals surface area contributed by atoms with Gasteiger partial charge in [-0.15, -0.1) is 0 Å². The predicted octanol–water partition coefficient (Wildman–Crippen LogP) is -0.627. The molecule has 0 saturated carbocycles. The number of carbonyl (C=O) groups is 2. The van der Waals surface area contributed by atoms with Crippen LogP contribution < -0.4 is 11.5 Å². The van der Waals surface area contributed by atoms with Crippen molar-refractivity contribution in [1.82, 2.24) is 0 Å². The van der Waals surface area contributed by atoms with E-state index < -0.39 is 17.7 Å². The molecule has 4 nitrogen and oxygen atoms in total.